The Morgan fingerprint density at radius 2 is 1.43 bits per heavy atom. The standard InChI is InChI=1S/C2H7PS2.Na.H2O/c1-3(2,4)5;;/h1-2H3,(H,4,5);;1H2. The van der Waals surface area contributed by atoms with Crippen LogP contribution in [0.1, 0.15) is 0 Å². The van der Waals surface area contributed by atoms with E-state index in [-0.39, 0.29) is 35.0 Å². The van der Waals surface area contributed by atoms with Gasteiger partial charge in [0.25, 0.3) is 0 Å². The van der Waals surface area contributed by atoms with Crippen molar-refractivity contribution < 1.29 is 5.48 Å². The zero-order valence-corrected chi connectivity index (χ0v) is 9.41. The molecule has 0 aliphatic carbocycles. The maximum Gasteiger partial charge on any atom is 0 e. The molecule has 7 heavy (non-hydrogen) atoms. The third-order valence-electron chi connectivity index (χ3n) is 0. The predicted molar refractivity (Wildman–Crippen MR) is 44.5 cm³/mol. The van der Waals surface area contributed by atoms with Crippen molar-refractivity contribution in [1.29, 1.82) is 0 Å². The van der Waals surface area contributed by atoms with E-state index in [0.717, 1.165) is 0 Å². The van der Waals surface area contributed by atoms with Crippen LogP contribution in [0.4, 0.5) is 0 Å². The summed E-state index contributed by atoms with van der Waals surface area (Å²) in [6.07, 6.45) is 0. The first-order chi connectivity index (χ1) is 2.00. The van der Waals surface area contributed by atoms with E-state index in [1.807, 2.05) is 13.3 Å². The molecule has 0 atom stereocenters. The summed E-state index contributed by atoms with van der Waals surface area (Å²) >= 11 is 8.85. The fraction of sp³-hybridized carbons (Fsp3) is 1.00. The minimum absolute atomic E-state index is 0. The molecule has 0 unspecified atom stereocenters. The Morgan fingerprint density at radius 1 is 1.43 bits per heavy atom. The zero-order chi connectivity index (χ0) is 4.50. The normalized spacial score (nSPS) is 8.43. The average Bonchev–Trinajstić information content (AvgIpc) is 0.722. The van der Waals surface area contributed by atoms with E-state index in [0.29, 0.717) is 0 Å². The molecule has 0 heterocycles. The molecule has 1 nitrogen and oxygen atoms in total. The molecule has 2 N–H and O–H groups in total. The summed E-state index contributed by atoms with van der Waals surface area (Å²) in [6.45, 7) is 3.96. The van der Waals surface area contributed by atoms with Crippen LogP contribution in [0.15, 0.2) is 0 Å². The van der Waals surface area contributed by atoms with Gasteiger partial charge in [0, 0.05) is 29.6 Å². The summed E-state index contributed by atoms with van der Waals surface area (Å²) in [5.41, 5.74) is 0. The Hall–Kier alpha value is 1.96. The first-order valence-corrected chi connectivity index (χ1v) is 6.13. The Morgan fingerprint density at radius 3 is 1.43 bits per heavy atom. The number of hydrogen-bond acceptors (Lipinski definition) is 1. The smallest absolute Gasteiger partial charge is 0 e. The summed E-state index contributed by atoms with van der Waals surface area (Å²) in [5.74, 6) is 0. The van der Waals surface area contributed by atoms with Crippen molar-refractivity contribution in [3.63, 3.8) is 0 Å². The summed E-state index contributed by atoms with van der Waals surface area (Å²) in [6, 6.07) is 0. The van der Waals surface area contributed by atoms with Crippen molar-refractivity contribution in [2.24, 2.45) is 0 Å². The average molecular weight is 167 g/mol. The maximum absolute atomic E-state index is 4.80. The van der Waals surface area contributed by atoms with Gasteiger partial charge in [-0.15, -0.1) is 12.2 Å². The number of thiol groups is 1. The third-order valence-corrected chi connectivity index (χ3v) is 0. The molecule has 41 valence electrons. The van der Waals surface area contributed by atoms with Gasteiger partial charge in [-0.05, 0) is 18.6 Å². The quantitative estimate of drug-likeness (QED) is 0.315. The van der Waals surface area contributed by atoms with Crippen molar-refractivity contribution in [2.75, 3.05) is 13.3 Å². The van der Waals surface area contributed by atoms with Crippen LogP contribution >= 0.6 is 17.5 Å². The molecule has 1 radical (unpaired) electrons. The van der Waals surface area contributed by atoms with E-state index in [1.54, 1.807) is 0 Å². The second-order valence-electron chi connectivity index (χ2n) is 1.29. The van der Waals surface area contributed by atoms with Crippen LogP contribution < -0.4 is 0 Å². The van der Waals surface area contributed by atoms with E-state index in [9.17, 15) is 0 Å². The van der Waals surface area contributed by atoms with Crippen LogP contribution in [-0.2, 0) is 11.8 Å². The Bertz CT molecular complexity index is 61.8. The van der Waals surface area contributed by atoms with Crippen molar-refractivity contribution in [2.45, 2.75) is 0 Å². The topological polar surface area (TPSA) is 31.5 Å². The third kappa shape index (κ3) is 73.6. The fourth-order valence-corrected chi connectivity index (χ4v) is 0. The molecule has 0 aromatic rings. The van der Waals surface area contributed by atoms with Crippen LogP contribution in [0.2, 0.25) is 0 Å². The van der Waals surface area contributed by atoms with Crippen LogP contribution in [0.25, 0.3) is 0 Å². The van der Waals surface area contributed by atoms with Crippen molar-refractivity contribution in [1.82, 2.24) is 0 Å². The summed E-state index contributed by atoms with van der Waals surface area (Å²) in [7, 11) is 0. The van der Waals surface area contributed by atoms with Gasteiger partial charge in [-0.3, -0.25) is 0 Å². The summed E-state index contributed by atoms with van der Waals surface area (Å²) in [4.78, 5) is 0. The van der Waals surface area contributed by atoms with Crippen molar-refractivity contribution in [3.05, 3.63) is 0 Å². The van der Waals surface area contributed by atoms with Crippen LogP contribution in [0.5, 0.6) is 0 Å². The van der Waals surface area contributed by atoms with Crippen LogP contribution in [-0.4, -0.2) is 48.4 Å². The molecule has 0 saturated heterocycles. The minimum atomic E-state index is -1.11. The molecule has 0 amide bonds. The molecule has 0 saturated carbocycles. The largest absolute Gasteiger partial charge is 0.412 e. The van der Waals surface area contributed by atoms with Crippen molar-refractivity contribution >= 4 is 58.9 Å². The van der Waals surface area contributed by atoms with Gasteiger partial charge < -0.3 is 5.48 Å². The monoisotopic (exact) mass is 167 g/mol. The van der Waals surface area contributed by atoms with Crippen LogP contribution in [0, 0.1) is 0 Å². The minimum Gasteiger partial charge on any atom is -0.412 e. The SMILES string of the molecule is CP(C)(=S)S.O.[Na]. The van der Waals surface area contributed by atoms with E-state index in [4.69, 9.17) is 11.8 Å². The molecule has 0 fully saturated rings. The maximum atomic E-state index is 4.80. The number of rotatable bonds is 0. The summed E-state index contributed by atoms with van der Waals surface area (Å²) in [5, 5.41) is -1.11. The summed E-state index contributed by atoms with van der Waals surface area (Å²) < 4.78 is 0. The molecule has 0 aliphatic heterocycles. The van der Waals surface area contributed by atoms with Gasteiger partial charge in [-0.25, -0.2) is 0 Å². The zero-order valence-electron chi connectivity index (χ0n) is 4.80. The Labute approximate surface area is 77.0 Å². The van der Waals surface area contributed by atoms with Gasteiger partial charge >= 0.3 is 0 Å². The first-order valence-electron chi connectivity index (χ1n) is 1.28. The van der Waals surface area contributed by atoms with E-state index < -0.39 is 5.24 Å². The molecular weight excluding hydrogens is 158 g/mol. The van der Waals surface area contributed by atoms with Gasteiger partial charge in [0.2, 0.25) is 0 Å². The van der Waals surface area contributed by atoms with Gasteiger partial charge in [-0.1, -0.05) is 11.8 Å². The Balaban J connectivity index is -0.0000000800. The predicted octanol–water partition coefficient (Wildman–Crippen LogP) is 0.365. The van der Waals surface area contributed by atoms with Gasteiger partial charge in [-0.2, -0.15) is 0 Å². The van der Waals surface area contributed by atoms with Gasteiger partial charge in [0.05, 0.1) is 0 Å². The van der Waals surface area contributed by atoms with E-state index in [1.165, 1.54) is 0 Å². The molecule has 0 aromatic carbocycles. The van der Waals surface area contributed by atoms with Gasteiger partial charge in [0.1, 0.15) is 0 Å². The molecule has 0 aliphatic rings. The fourth-order valence-electron chi connectivity index (χ4n) is 0. The molecule has 0 aromatic heterocycles. The van der Waals surface area contributed by atoms with E-state index in [2.05, 4.69) is 12.2 Å². The second-order valence-corrected chi connectivity index (χ2v) is 10.4. The molecule has 5 heteroatoms. The van der Waals surface area contributed by atoms with Gasteiger partial charge in [0.15, 0.2) is 0 Å². The molecular formula is C2H9NaOPS2. The van der Waals surface area contributed by atoms with Crippen molar-refractivity contribution in [3.8, 4) is 0 Å². The molecule has 0 bridgehead atoms. The molecule has 0 spiro atoms. The second kappa shape index (κ2) is 6.09. The Kier molecular flexibility index (Phi) is 13.9. The van der Waals surface area contributed by atoms with E-state index >= 15 is 0 Å². The molecule has 0 rings (SSSR count). The first kappa shape index (κ1) is 16.0. The number of hydrogen-bond donors (Lipinski definition) is 1. The van der Waals surface area contributed by atoms with Crippen LogP contribution in [0.3, 0.4) is 0 Å².